The van der Waals surface area contributed by atoms with E-state index in [1.54, 1.807) is 0 Å². The van der Waals surface area contributed by atoms with Crippen molar-refractivity contribution in [2.24, 2.45) is 17.3 Å². The van der Waals surface area contributed by atoms with E-state index in [2.05, 4.69) is 32.9 Å². The number of ether oxygens (including phenoxy) is 2. The normalized spacial score (nSPS) is 25.3. The fraction of sp³-hybridized carbons (Fsp3) is 0.750. The predicted molar refractivity (Wildman–Crippen MR) is 131 cm³/mol. The zero-order valence-electron chi connectivity index (χ0n) is 20.8. The second kappa shape index (κ2) is 12.2. The first-order valence-electron chi connectivity index (χ1n) is 13.1. The van der Waals surface area contributed by atoms with Gasteiger partial charge in [-0.25, -0.2) is 0 Å². The van der Waals surface area contributed by atoms with Crippen molar-refractivity contribution < 1.29 is 24.5 Å². The number of fused-ring (bicyclic) bond motifs is 2. The molecule has 2 bridgehead atoms. The summed E-state index contributed by atoms with van der Waals surface area (Å²) in [7, 11) is 0. The summed E-state index contributed by atoms with van der Waals surface area (Å²) in [5.41, 5.74) is 1.24. The van der Waals surface area contributed by atoms with Crippen molar-refractivity contribution in [3.8, 4) is 5.75 Å². The molecule has 0 amide bonds. The van der Waals surface area contributed by atoms with Gasteiger partial charge in [0.2, 0.25) is 0 Å². The SMILES string of the molecule is CCCCC(C)(C)C(O)CC[C@H]1[C@H](Cc2cccc(OCCCCC(=O)O)c2)[C@H]2CC[C@@H]1O2. The number of carbonyl (C=O) groups is 1. The molecule has 5 nitrogen and oxygen atoms in total. The molecule has 1 unspecified atom stereocenters. The first-order valence-corrected chi connectivity index (χ1v) is 13.1. The summed E-state index contributed by atoms with van der Waals surface area (Å²) in [6, 6.07) is 8.32. The van der Waals surface area contributed by atoms with Gasteiger partial charge in [0.25, 0.3) is 0 Å². The molecule has 0 spiro atoms. The Morgan fingerprint density at radius 2 is 1.94 bits per heavy atom. The number of unbranched alkanes of at least 4 members (excludes halogenated alkanes) is 2. The topological polar surface area (TPSA) is 76.0 Å². The third kappa shape index (κ3) is 7.45. The summed E-state index contributed by atoms with van der Waals surface area (Å²) in [5.74, 6) is 1.12. The van der Waals surface area contributed by atoms with Crippen LogP contribution >= 0.6 is 0 Å². The molecule has 186 valence electrons. The van der Waals surface area contributed by atoms with Gasteiger partial charge < -0.3 is 19.7 Å². The summed E-state index contributed by atoms with van der Waals surface area (Å²) in [4.78, 5) is 10.6. The van der Waals surface area contributed by atoms with Gasteiger partial charge in [-0.2, -0.15) is 0 Å². The number of aliphatic carboxylic acids is 1. The zero-order chi connectivity index (χ0) is 23.8. The van der Waals surface area contributed by atoms with Crippen molar-refractivity contribution >= 4 is 5.97 Å². The lowest BCUT2D eigenvalue weighted by Crippen LogP contribution is -2.33. The molecule has 2 fully saturated rings. The third-order valence-corrected chi connectivity index (χ3v) is 7.86. The van der Waals surface area contributed by atoms with Crippen LogP contribution in [0.2, 0.25) is 0 Å². The Bertz CT molecular complexity index is 746. The number of carboxylic acids is 1. The molecular weight excluding hydrogens is 416 g/mol. The molecule has 0 aliphatic carbocycles. The van der Waals surface area contributed by atoms with Gasteiger partial charge in [0, 0.05) is 6.42 Å². The monoisotopic (exact) mass is 460 g/mol. The highest BCUT2D eigenvalue weighted by molar-refractivity contribution is 5.66. The predicted octanol–water partition coefficient (Wildman–Crippen LogP) is 6.01. The summed E-state index contributed by atoms with van der Waals surface area (Å²) in [6.07, 6.45) is 10.6. The minimum Gasteiger partial charge on any atom is -0.494 e. The first-order chi connectivity index (χ1) is 15.8. The summed E-state index contributed by atoms with van der Waals surface area (Å²) in [5, 5.41) is 19.7. The van der Waals surface area contributed by atoms with Crippen molar-refractivity contribution in [3.63, 3.8) is 0 Å². The highest BCUT2D eigenvalue weighted by Crippen LogP contribution is 2.47. The fourth-order valence-electron chi connectivity index (χ4n) is 5.70. The number of aliphatic hydroxyl groups excluding tert-OH is 1. The van der Waals surface area contributed by atoms with E-state index in [1.807, 2.05) is 12.1 Å². The van der Waals surface area contributed by atoms with Gasteiger partial charge in [-0.1, -0.05) is 45.7 Å². The van der Waals surface area contributed by atoms with Crippen molar-refractivity contribution in [3.05, 3.63) is 29.8 Å². The lowest BCUT2D eigenvalue weighted by molar-refractivity contribution is -0.137. The lowest BCUT2D eigenvalue weighted by Gasteiger charge is -2.33. The Labute approximate surface area is 199 Å². The largest absolute Gasteiger partial charge is 0.494 e. The van der Waals surface area contributed by atoms with Gasteiger partial charge in [-0.15, -0.1) is 0 Å². The van der Waals surface area contributed by atoms with Crippen molar-refractivity contribution in [1.82, 2.24) is 0 Å². The number of hydrogen-bond acceptors (Lipinski definition) is 4. The first kappa shape index (κ1) is 26.0. The number of benzene rings is 1. The number of carboxylic acid groups (broad SMARTS) is 1. The standard InChI is InChI=1S/C28H44O5/c1-4-5-16-28(2,3)26(29)15-12-22-23(25-14-13-24(22)33-25)19-20-9-8-10-21(18-20)32-17-7-6-11-27(30)31/h8-10,18,22-26,29H,4-7,11-17,19H2,1-3H3,(H,30,31)/t22-,23-,24-,25+,26?/m0/s1. The molecule has 0 saturated carbocycles. The molecule has 5 atom stereocenters. The Morgan fingerprint density at radius 3 is 2.67 bits per heavy atom. The van der Waals surface area contributed by atoms with Gasteiger partial charge in [0.05, 0.1) is 24.9 Å². The summed E-state index contributed by atoms with van der Waals surface area (Å²) >= 11 is 0. The van der Waals surface area contributed by atoms with E-state index < -0.39 is 5.97 Å². The highest BCUT2D eigenvalue weighted by atomic mass is 16.5. The van der Waals surface area contributed by atoms with E-state index in [9.17, 15) is 9.90 Å². The van der Waals surface area contributed by atoms with Crippen LogP contribution < -0.4 is 4.74 Å². The van der Waals surface area contributed by atoms with Crippen molar-refractivity contribution in [2.75, 3.05) is 6.61 Å². The van der Waals surface area contributed by atoms with Crippen LogP contribution in [0.25, 0.3) is 0 Å². The maximum absolute atomic E-state index is 10.9. The molecule has 2 saturated heterocycles. The molecule has 0 radical (unpaired) electrons. The molecule has 1 aromatic carbocycles. The van der Waals surface area contributed by atoms with Crippen LogP contribution in [0, 0.1) is 17.3 Å². The lowest BCUT2D eigenvalue weighted by atomic mass is 9.72. The zero-order valence-corrected chi connectivity index (χ0v) is 20.8. The Hall–Kier alpha value is -1.59. The van der Waals surface area contributed by atoms with E-state index in [1.165, 1.54) is 18.4 Å². The van der Waals surface area contributed by atoms with E-state index in [0.717, 1.165) is 50.7 Å². The summed E-state index contributed by atoms with van der Waals surface area (Å²) < 4.78 is 12.2. The van der Waals surface area contributed by atoms with Crippen LogP contribution in [0.15, 0.2) is 24.3 Å². The van der Waals surface area contributed by atoms with Gasteiger partial charge in [0.15, 0.2) is 0 Å². The maximum Gasteiger partial charge on any atom is 0.303 e. The second-order valence-electron chi connectivity index (χ2n) is 10.9. The molecule has 2 N–H and O–H groups in total. The van der Waals surface area contributed by atoms with Crippen LogP contribution in [0.4, 0.5) is 0 Å². The minimum absolute atomic E-state index is 0.0277. The van der Waals surface area contributed by atoms with Crippen LogP contribution in [0.1, 0.15) is 90.5 Å². The van der Waals surface area contributed by atoms with Crippen molar-refractivity contribution in [1.29, 1.82) is 0 Å². The Kier molecular flexibility index (Phi) is 9.63. The van der Waals surface area contributed by atoms with E-state index in [4.69, 9.17) is 14.6 Å². The van der Waals surface area contributed by atoms with Crippen LogP contribution in [-0.2, 0) is 16.0 Å². The highest BCUT2D eigenvalue weighted by Gasteiger charge is 2.48. The van der Waals surface area contributed by atoms with Gasteiger partial charge in [-0.3, -0.25) is 4.79 Å². The molecular formula is C28H44O5. The molecule has 2 aliphatic heterocycles. The average molecular weight is 461 g/mol. The molecule has 3 rings (SSSR count). The van der Waals surface area contributed by atoms with E-state index in [-0.39, 0.29) is 17.9 Å². The molecule has 1 aromatic rings. The number of hydrogen-bond donors (Lipinski definition) is 2. The molecule has 33 heavy (non-hydrogen) atoms. The van der Waals surface area contributed by atoms with E-state index >= 15 is 0 Å². The smallest absolute Gasteiger partial charge is 0.303 e. The van der Waals surface area contributed by atoms with Crippen molar-refractivity contribution in [2.45, 2.75) is 110 Å². The molecule has 0 aromatic heterocycles. The maximum atomic E-state index is 10.9. The number of aliphatic hydroxyl groups is 1. The molecule has 2 aliphatic rings. The van der Waals surface area contributed by atoms with Crippen LogP contribution in [0.3, 0.4) is 0 Å². The van der Waals surface area contributed by atoms with E-state index in [0.29, 0.717) is 37.1 Å². The summed E-state index contributed by atoms with van der Waals surface area (Å²) in [6.45, 7) is 7.16. The van der Waals surface area contributed by atoms with Gasteiger partial charge >= 0.3 is 5.97 Å². The second-order valence-corrected chi connectivity index (χ2v) is 10.9. The average Bonchev–Trinajstić information content (AvgIpc) is 3.38. The molecule has 2 heterocycles. The Balaban J connectivity index is 1.53. The Morgan fingerprint density at radius 1 is 1.18 bits per heavy atom. The van der Waals surface area contributed by atoms with Gasteiger partial charge in [-0.05, 0) is 86.3 Å². The minimum atomic E-state index is -0.753. The fourth-order valence-corrected chi connectivity index (χ4v) is 5.70. The van der Waals surface area contributed by atoms with Gasteiger partial charge in [0.1, 0.15) is 5.75 Å². The number of rotatable bonds is 15. The quantitative estimate of drug-likeness (QED) is 0.313. The molecule has 5 heteroatoms. The van der Waals surface area contributed by atoms with Crippen LogP contribution in [0.5, 0.6) is 5.75 Å². The third-order valence-electron chi connectivity index (χ3n) is 7.86. The van der Waals surface area contributed by atoms with Crippen LogP contribution in [-0.4, -0.2) is 41.1 Å².